The van der Waals surface area contributed by atoms with Gasteiger partial charge in [-0.3, -0.25) is 0 Å². The molecule has 0 amide bonds. The molecule has 2 N–H and O–H groups in total. The molecule has 0 radical (unpaired) electrons. The van der Waals surface area contributed by atoms with Crippen molar-refractivity contribution in [3.8, 4) is 5.75 Å². The fourth-order valence-corrected chi connectivity index (χ4v) is 1.06. The summed E-state index contributed by atoms with van der Waals surface area (Å²) in [6.07, 6.45) is 1.63. The van der Waals surface area contributed by atoms with Crippen LogP contribution >= 0.6 is 0 Å². The normalized spacial score (nSPS) is 11.9. The first-order valence-corrected chi connectivity index (χ1v) is 4.98. The predicted molar refractivity (Wildman–Crippen MR) is 66.8 cm³/mol. The highest BCUT2D eigenvalue weighted by Gasteiger charge is 2.06. The molecule has 0 bridgehead atoms. The van der Waals surface area contributed by atoms with Gasteiger partial charge in [-0.2, -0.15) is 5.10 Å². The maximum absolute atomic E-state index is 9.60. The largest absolute Gasteiger partial charge is 0.507 e. The summed E-state index contributed by atoms with van der Waals surface area (Å²) in [6.45, 7) is 6.08. The Balaban J connectivity index is 2.73. The van der Waals surface area contributed by atoms with Gasteiger partial charge in [0.25, 0.3) is 0 Å². The lowest BCUT2D eigenvalue weighted by Crippen LogP contribution is -2.31. The third-order valence-corrected chi connectivity index (χ3v) is 1.79. The van der Waals surface area contributed by atoms with Gasteiger partial charge in [-0.1, -0.05) is 17.6 Å². The van der Waals surface area contributed by atoms with Crippen molar-refractivity contribution in [2.45, 2.75) is 26.3 Å². The average Bonchev–Trinajstić information content (AvgIpc) is 2.07. The second kappa shape index (κ2) is 4.38. The molecule has 0 aliphatic heterocycles. The van der Waals surface area contributed by atoms with Crippen LogP contribution in [0.2, 0.25) is 0 Å². The molecule has 1 rings (SSSR count). The number of aromatic hydroxyl groups is 1. The van der Waals surface area contributed by atoms with E-state index in [1.54, 1.807) is 12.3 Å². The van der Waals surface area contributed by atoms with Crippen LogP contribution in [0.3, 0.4) is 0 Å². The number of hydrogen-bond acceptors (Lipinski definition) is 3. The topological polar surface area (TPSA) is 44.6 Å². The van der Waals surface area contributed by atoms with Gasteiger partial charge >= 0.3 is 0 Å². The summed E-state index contributed by atoms with van der Waals surface area (Å²) in [5.74, 6) is 0.259. The molecule has 15 heavy (non-hydrogen) atoms. The summed E-state index contributed by atoms with van der Waals surface area (Å²) in [5.41, 5.74) is 4.67. The van der Waals surface area contributed by atoms with E-state index in [0.717, 1.165) is 11.0 Å². The van der Waals surface area contributed by atoms with E-state index in [1.165, 1.54) is 0 Å². The minimum absolute atomic E-state index is 0.0587. The quantitative estimate of drug-likeness (QED) is 0.415. The molecular weight excluding hydrogens is 187 g/mol. The zero-order chi connectivity index (χ0) is 11.5. The van der Waals surface area contributed by atoms with Gasteiger partial charge in [-0.05, 0) is 26.8 Å². The van der Waals surface area contributed by atoms with Gasteiger partial charge in [-0.25, -0.2) is 0 Å². The average molecular weight is 204 g/mol. The van der Waals surface area contributed by atoms with Crippen LogP contribution in [0.25, 0.3) is 0 Å². The van der Waals surface area contributed by atoms with E-state index in [9.17, 15) is 5.11 Å². The molecule has 0 saturated heterocycles. The van der Waals surface area contributed by atoms with E-state index in [4.69, 9.17) is 0 Å². The Kier molecular flexibility index (Phi) is 3.40. The Morgan fingerprint density at radius 1 is 1.40 bits per heavy atom. The van der Waals surface area contributed by atoms with Crippen molar-refractivity contribution in [2.75, 3.05) is 0 Å². The Morgan fingerprint density at radius 2 is 2.07 bits per heavy atom. The first-order valence-electron chi connectivity index (χ1n) is 4.98. The van der Waals surface area contributed by atoms with Crippen LogP contribution in [-0.2, 0) is 0 Å². The molecule has 0 aliphatic rings. The van der Waals surface area contributed by atoms with E-state index in [0.29, 0.717) is 0 Å². The maximum Gasteiger partial charge on any atom is 0.139 e. The lowest BCUT2D eigenvalue weighted by Gasteiger charge is -2.17. The van der Waals surface area contributed by atoms with Crippen LogP contribution in [0.4, 0.5) is 0 Å². The molecule has 0 spiro atoms. The summed E-state index contributed by atoms with van der Waals surface area (Å²) < 4.78 is 0. The summed E-state index contributed by atoms with van der Waals surface area (Å²) in [7, 11) is 1.94. The number of nitrogens with zero attached hydrogens (tertiary/aromatic N) is 1. The van der Waals surface area contributed by atoms with Gasteiger partial charge in [0.15, 0.2) is 0 Å². The second-order valence-electron chi connectivity index (χ2n) is 4.68. The minimum atomic E-state index is -0.0587. The fourth-order valence-electron chi connectivity index (χ4n) is 1.06. The van der Waals surface area contributed by atoms with Crippen molar-refractivity contribution in [3.63, 3.8) is 0 Å². The monoisotopic (exact) mass is 204 g/mol. The van der Waals surface area contributed by atoms with Crippen LogP contribution in [0.1, 0.15) is 26.3 Å². The number of benzene rings is 1. The lowest BCUT2D eigenvalue weighted by molar-refractivity contribution is 0.441. The van der Waals surface area contributed by atoms with Crippen molar-refractivity contribution in [1.29, 1.82) is 0 Å². The van der Waals surface area contributed by atoms with Crippen molar-refractivity contribution < 1.29 is 5.11 Å². The number of nitrogens with one attached hydrogen (secondary N) is 1. The van der Waals surface area contributed by atoms with Crippen LogP contribution in [0.15, 0.2) is 23.3 Å². The zero-order valence-corrected chi connectivity index (χ0v) is 9.70. The summed E-state index contributed by atoms with van der Waals surface area (Å²) in [4.78, 5) is 0. The summed E-state index contributed by atoms with van der Waals surface area (Å²) >= 11 is 0. The first kappa shape index (κ1) is 11.6. The van der Waals surface area contributed by atoms with Crippen molar-refractivity contribution in [3.05, 3.63) is 23.8 Å². The molecule has 0 heterocycles. The Hall–Kier alpha value is -1.45. The second-order valence-corrected chi connectivity index (χ2v) is 4.68. The van der Waals surface area contributed by atoms with E-state index in [-0.39, 0.29) is 11.3 Å². The standard InChI is InChI=1S/C11H17BN2O/c1-11(2,3)14-13-7-8-4-5-9(12)6-10(8)15/h4-7,14-15H,12H2,1-3H3/b13-7+. The predicted octanol–water partition coefficient (Wildman–Crippen LogP) is 0.373. The van der Waals surface area contributed by atoms with E-state index in [2.05, 4.69) is 10.5 Å². The third kappa shape index (κ3) is 4.06. The molecule has 4 heteroatoms. The van der Waals surface area contributed by atoms with Gasteiger partial charge in [0.2, 0.25) is 0 Å². The Bertz CT molecular complexity index is 369. The highest BCUT2D eigenvalue weighted by molar-refractivity contribution is 6.32. The maximum atomic E-state index is 9.60. The number of phenols is 1. The van der Waals surface area contributed by atoms with Gasteiger partial charge < -0.3 is 10.5 Å². The molecule has 80 valence electrons. The van der Waals surface area contributed by atoms with Gasteiger partial charge in [0.05, 0.1) is 6.21 Å². The first-order chi connectivity index (χ1) is 6.88. The molecule has 0 aliphatic carbocycles. The Morgan fingerprint density at radius 3 is 2.60 bits per heavy atom. The summed E-state index contributed by atoms with van der Waals surface area (Å²) in [5, 5.41) is 13.7. The van der Waals surface area contributed by atoms with E-state index < -0.39 is 0 Å². The third-order valence-electron chi connectivity index (χ3n) is 1.79. The SMILES string of the molecule is Bc1ccc(/C=N/NC(C)(C)C)c(O)c1. The van der Waals surface area contributed by atoms with Gasteiger partial charge in [0, 0.05) is 11.1 Å². The van der Waals surface area contributed by atoms with E-state index >= 15 is 0 Å². The van der Waals surface area contributed by atoms with Crippen molar-refractivity contribution >= 4 is 19.5 Å². The molecular formula is C11H17BN2O. The number of rotatable bonds is 2. The lowest BCUT2D eigenvalue weighted by atomic mass is 9.95. The fraction of sp³-hybridized carbons (Fsp3) is 0.364. The van der Waals surface area contributed by atoms with Crippen LogP contribution in [0, 0.1) is 0 Å². The van der Waals surface area contributed by atoms with Crippen LogP contribution in [0.5, 0.6) is 5.75 Å². The molecule has 0 unspecified atom stereocenters. The number of hydrazone groups is 1. The number of phenolic OH excluding ortho intramolecular Hbond substituents is 1. The van der Waals surface area contributed by atoms with Crippen LogP contribution in [-0.4, -0.2) is 24.7 Å². The van der Waals surface area contributed by atoms with Gasteiger partial charge in [-0.15, -0.1) is 0 Å². The molecule has 3 nitrogen and oxygen atoms in total. The van der Waals surface area contributed by atoms with Crippen LogP contribution < -0.4 is 10.9 Å². The molecule has 1 aromatic carbocycles. The molecule has 0 atom stereocenters. The highest BCUT2D eigenvalue weighted by Crippen LogP contribution is 2.11. The molecule has 1 aromatic rings. The molecule has 0 saturated carbocycles. The minimum Gasteiger partial charge on any atom is -0.507 e. The smallest absolute Gasteiger partial charge is 0.139 e. The van der Waals surface area contributed by atoms with Crippen molar-refractivity contribution in [1.82, 2.24) is 5.43 Å². The number of hydrogen-bond donors (Lipinski definition) is 2. The van der Waals surface area contributed by atoms with E-state index in [1.807, 2.05) is 40.8 Å². The van der Waals surface area contributed by atoms with Gasteiger partial charge in [0.1, 0.15) is 13.6 Å². The molecule has 0 aromatic heterocycles. The highest BCUT2D eigenvalue weighted by atomic mass is 16.3. The zero-order valence-electron chi connectivity index (χ0n) is 9.70. The summed E-state index contributed by atoms with van der Waals surface area (Å²) in [6, 6.07) is 5.51. The van der Waals surface area contributed by atoms with Crippen molar-refractivity contribution in [2.24, 2.45) is 5.10 Å². The molecule has 0 fully saturated rings. The Labute approximate surface area is 91.6 Å².